The summed E-state index contributed by atoms with van der Waals surface area (Å²) in [5.41, 5.74) is 0.169. The number of carboxylic acid groups (broad SMARTS) is 1. The first-order valence-electron chi connectivity index (χ1n) is 4.91. The molecule has 1 N–H and O–H groups in total. The van der Waals surface area contributed by atoms with Gasteiger partial charge in [0.1, 0.15) is 0 Å². The summed E-state index contributed by atoms with van der Waals surface area (Å²) in [7, 11) is -1.19. The molecule has 3 nitrogen and oxygen atoms in total. The normalized spacial score (nSPS) is 12.2. The van der Waals surface area contributed by atoms with Crippen LogP contribution in [0.25, 0.3) is 0 Å². The van der Waals surface area contributed by atoms with Gasteiger partial charge in [-0.3, -0.25) is 4.21 Å². The minimum Gasteiger partial charge on any atom is -0.478 e. The molecule has 1 aromatic carbocycles. The first kappa shape index (κ1) is 12.0. The number of thiophene rings is 1. The highest BCUT2D eigenvalue weighted by Gasteiger charge is 2.09. The molecule has 0 saturated carbocycles. The van der Waals surface area contributed by atoms with E-state index in [1.165, 1.54) is 12.1 Å². The van der Waals surface area contributed by atoms with Crippen molar-refractivity contribution in [1.82, 2.24) is 0 Å². The minimum absolute atomic E-state index is 0.169. The number of hydrogen-bond donors (Lipinski definition) is 1. The first-order valence-corrected chi connectivity index (χ1v) is 7.11. The number of rotatable bonds is 4. The Morgan fingerprint density at radius 3 is 2.76 bits per heavy atom. The Kier molecular flexibility index (Phi) is 3.71. The van der Waals surface area contributed by atoms with Crippen LogP contribution in [0.15, 0.2) is 46.7 Å². The summed E-state index contributed by atoms with van der Waals surface area (Å²) in [6.07, 6.45) is 0. The molecule has 0 radical (unpaired) electrons. The van der Waals surface area contributed by atoms with Crippen molar-refractivity contribution in [3.05, 3.63) is 52.2 Å². The molecule has 88 valence electrons. The summed E-state index contributed by atoms with van der Waals surface area (Å²) in [6.45, 7) is 0. The predicted molar refractivity (Wildman–Crippen MR) is 67.8 cm³/mol. The van der Waals surface area contributed by atoms with Gasteiger partial charge in [0.05, 0.1) is 22.1 Å². The Balaban J connectivity index is 2.19. The topological polar surface area (TPSA) is 54.4 Å². The third-order valence-corrected chi connectivity index (χ3v) is 4.61. The van der Waals surface area contributed by atoms with E-state index in [-0.39, 0.29) is 5.56 Å². The lowest BCUT2D eigenvalue weighted by Gasteiger charge is -2.02. The Morgan fingerprint density at radius 1 is 1.29 bits per heavy atom. The smallest absolute Gasteiger partial charge is 0.335 e. The molecule has 0 fully saturated rings. The summed E-state index contributed by atoms with van der Waals surface area (Å²) in [6, 6.07) is 10.1. The van der Waals surface area contributed by atoms with Gasteiger partial charge in [-0.1, -0.05) is 12.1 Å². The molecule has 0 aliphatic heterocycles. The van der Waals surface area contributed by atoms with Crippen LogP contribution in [0.1, 0.15) is 15.2 Å². The van der Waals surface area contributed by atoms with Crippen LogP contribution >= 0.6 is 11.3 Å². The molecule has 0 bridgehead atoms. The molecular formula is C12H10O3S2. The van der Waals surface area contributed by atoms with Crippen LogP contribution in [0.2, 0.25) is 0 Å². The minimum atomic E-state index is -1.19. The predicted octanol–water partition coefficient (Wildman–Crippen LogP) is 2.75. The van der Waals surface area contributed by atoms with Gasteiger partial charge in [-0.15, -0.1) is 11.3 Å². The average Bonchev–Trinajstić information content (AvgIpc) is 2.82. The van der Waals surface area contributed by atoms with Crippen molar-refractivity contribution in [3.8, 4) is 0 Å². The van der Waals surface area contributed by atoms with Crippen LogP contribution in [0.4, 0.5) is 0 Å². The Bertz CT molecular complexity index is 547. The number of carboxylic acids is 1. The van der Waals surface area contributed by atoms with Crippen molar-refractivity contribution in [2.24, 2.45) is 0 Å². The zero-order valence-corrected chi connectivity index (χ0v) is 10.5. The maximum absolute atomic E-state index is 12.0. The van der Waals surface area contributed by atoms with Crippen molar-refractivity contribution < 1.29 is 14.1 Å². The zero-order valence-electron chi connectivity index (χ0n) is 8.83. The summed E-state index contributed by atoms with van der Waals surface area (Å²) >= 11 is 1.55. The van der Waals surface area contributed by atoms with Crippen LogP contribution in [0.5, 0.6) is 0 Å². The number of benzene rings is 1. The lowest BCUT2D eigenvalue weighted by atomic mass is 10.2. The lowest BCUT2D eigenvalue weighted by molar-refractivity contribution is 0.0696. The Morgan fingerprint density at radius 2 is 2.12 bits per heavy atom. The van der Waals surface area contributed by atoms with Gasteiger partial charge in [-0.05, 0) is 29.6 Å². The second-order valence-corrected chi connectivity index (χ2v) is 5.89. The highest BCUT2D eigenvalue weighted by molar-refractivity contribution is 7.84. The fraction of sp³-hybridized carbons (Fsp3) is 0.0833. The largest absolute Gasteiger partial charge is 0.478 e. The standard InChI is InChI=1S/C12H10O3S2/c13-12(14)9-3-1-5-11(7-9)17(15)8-10-4-2-6-16-10/h1-7H,8H2,(H,13,14). The van der Waals surface area contributed by atoms with Gasteiger partial charge in [-0.25, -0.2) is 4.79 Å². The monoisotopic (exact) mass is 266 g/mol. The van der Waals surface area contributed by atoms with Crippen LogP contribution in [-0.4, -0.2) is 15.3 Å². The highest BCUT2D eigenvalue weighted by atomic mass is 32.2. The van der Waals surface area contributed by atoms with Gasteiger partial charge in [0.15, 0.2) is 0 Å². The highest BCUT2D eigenvalue weighted by Crippen LogP contribution is 2.17. The maximum Gasteiger partial charge on any atom is 0.335 e. The molecule has 0 saturated heterocycles. The summed E-state index contributed by atoms with van der Waals surface area (Å²) in [4.78, 5) is 12.4. The van der Waals surface area contributed by atoms with E-state index in [0.717, 1.165) is 4.88 Å². The van der Waals surface area contributed by atoms with E-state index in [1.54, 1.807) is 23.5 Å². The van der Waals surface area contributed by atoms with Crippen molar-refractivity contribution in [2.45, 2.75) is 10.6 Å². The van der Waals surface area contributed by atoms with Crippen LogP contribution in [-0.2, 0) is 16.6 Å². The molecular weight excluding hydrogens is 256 g/mol. The van der Waals surface area contributed by atoms with E-state index in [4.69, 9.17) is 5.11 Å². The van der Waals surface area contributed by atoms with Gasteiger partial charge in [-0.2, -0.15) is 0 Å². The van der Waals surface area contributed by atoms with E-state index in [0.29, 0.717) is 10.6 Å². The summed E-state index contributed by atoms with van der Waals surface area (Å²) < 4.78 is 12.0. The third-order valence-electron chi connectivity index (χ3n) is 2.20. The summed E-state index contributed by atoms with van der Waals surface area (Å²) in [5, 5.41) is 10.8. The van der Waals surface area contributed by atoms with E-state index >= 15 is 0 Å². The number of aromatic carboxylic acids is 1. The van der Waals surface area contributed by atoms with E-state index in [2.05, 4.69) is 0 Å². The quantitative estimate of drug-likeness (QED) is 0.925. The zero-order chi connectivity index (χ0) is 12.3. The van der Waals surface area contributed by atoms with Gasteiger partial charge in [0.2, 0.25) is 0 Å². The molecule has 5 heteroatoms. The van der Waals surface area contributed by atoms with Crippen molar-refractivity contribution in [2.75, 3.05) is 0 Å². The number of carbonyl (C=O) groups is 1. The molecule has 0 spiro atoms. The van der Waals surface area contributed by atoms with Gasteiger partial charge >= 0.3 is 5.97 Å². The molecule has 1 atom stereocenters. The fourth-order valence-corrected chi connectivity index (χ4v) is 3.47. The third kappa shape index (κ3) is 3.01. The van der Waals surface area contributed by atoms with E-state index in [1.807, 2.05) is 17.5 Å². The van der Waals surface area contributed by atoms with Gasteiger partial charge in [0.25, 0.3) is 0 Å². The van der Waals surface area contributed by atoms with Gasteiger partial charge in [0, 0.05) is 9.77 Å². The average molecular weight is 266 g/mol. The van der Waals surface area contributed by atoms with Crippen LogP contribution in [0.3, 0.4) is 0 Å². The first-order chi connectivity index (χ1) is 8.16. The van der Waals surface area contributed by atoms with Crippen LogP contribution < -0.4 is 0 Å². The molecule has 0 aliphatic rings. The fourth-order valence-electron chi connectivity index (χ4n) is 1.38. The SMILES string of the molecule is O=C(O)c1cccc(S(=O)Cc2cccs2)c1. The molecule has 17 heavy (non-hydrogen) atoms. The lowest BCUT2D eigenvalue weighted by Crippen LogP contribution is -2.00. The van der Waals surface area contributed by atoms with Crippen molar-refractivity contribution >= 4 is 28.1 Å². The maximum atomic E-state index is 12.0. The molecule has 1 unspecified atom stereocenters. The second kappa shape index (κ2) is 5.25. The van der Waals surface area contributed by atoms with E-state index < -0.39 is 16.8 Å². The molecule has 2 aromatic rings. The van der Waals surface area contributed by atoms with Gasteiger partial charge < -0.3 is 5.11 Å². The van der Waals surface area contributed by atoms with Crippen molar-refractivity contribution in [1.29, 1.82) is 0 Å². The Labute approximate surface area is 105 Å². The second-order valence-electron chi connectivity index (χ2n) is 3.40. The molecule has 0 aliphatic carbocycles. The molecule has 0 amide bonds. The molecule has 1 aromatic heterocycles. The van der Waals surface area contributed by atoms with Crippen LogP contribution in [0, 0.1) is 0 Å². The van der Waals surface area contributed by atoms with E-state index in [9.17, 15) is 9.00 Å². The summed E-state index contributed by atoms with van der Waals surface area (Å²) in [5.74, 6) is -0.569. The number of hydrogen-bond acceptors (Lipinski definition) is 3. The van der Waals surface area contributed by atoms with Crippen molar-refractivity contribution in [3.63, 3.8) is 0 Å². The molecule has 1 heterocycles. The molecule has 2 rings (SSSR count). The Hall–Kier alpha value is -1.46.